The fourth-order valence-corrected chi connectivity index (χ4v) is 2.13. The lowest BCUT2D eigenvalue weighted by Gasteiger charge is -2.11. The highest BCUT2D eigenvalue weighted by Crippen LogP contribution is 2.31. The molecule has 0 saturated heterocycles. The first kappa shape index (κ1) is 9.15. The van der Waals surface area contributed by atoms with E-state index in [1.165, 1.54) is 0 Å². The first-order valence-electron chi connectivity index (χ1n) is 5.18. The van der Waals surface area contributed by atoms with Crippen LogP contribution >= 0.6 is 0 Å². The van der Waals surface area contributed by atoms with Gasteiger partial charge in [0.1, 0.15) is 0 Å². The number of aromatic nitrogens is 2. The molecule has 4 nitrogen and oxygen atoms in total. The van der Waals surface area contributed by atoms with Crippen LogP contribution in [0.1, 0.15) is 33.4 Å². The number of hydrogen-bond donors (Lipinski definition) is 2. The molecule has 80 valence electrons. The van der Waals surface area contributed by atoms with Crippen molar-refractivity contribution in [3.8, 4) is 0 Å². The van der Waals surface area contributed by atoms with Crippen LogP contribution in [0.5, 0.6) is 0 Å². The van der Waals surface area contributed by atoms with Crippen LogP contribution in [-0.2, 0) is 0 Å². The van der Waals surface area contributed by atoms with Crippen LogP contribution in [0.2, 0.25) is 0 Å². The lowest BCUT2D eigenvalue weighted by atomic mass is 10.0. The Bertz CT molecular complexity index is 545. The van der Waals surface area contributed by atoms with Crippen LogP contribution in [-0.4, -0.2) is 16.1 Å². The van der Waals surface area contributed by atoms with E-state index >= 15 is 0 Å². The number of rotatable bonds is 1. The van der Waals surface area contributed by atoms with Gasteiger partial charge in [0.2, 0.25) is 0 Å². The zero-order chi connectivity index (χ0) is 11.1. The van der Waals surface area contributed by atoms with Gasteiger partial charge in [-0.25, -0.2) is 0 Å². The van der Waals surface area contributed by atoms with Gasteiger partial charge in [-0.2, -0.15) is 5.10 Å². The Labute approximate surface area is 92.7 Å². The summed E-state index contributed by atoms with van der Waals surface area (Å²) in [6, 6.07) is 9.84. The van der Waals surface area contributed by atoms with Gasteiger partial charge >= 0.3 is 0 Å². The molecule has 0 aliphatic carbocycles. The van der Waals surface area contributed by atoms with Crippen molar-refractivity contribution in [1.82, 2.24) is 15.5 Å². The summed E-state index contributed by atoms with van der Waals surface area (Å²) in [6.45, 7) is 1.93. The standard InChI is InChI=1S/C12H11N3O/c1-7-9-10(8-5-3-2-4-6-8)13-12(16)11(9)15-14-7/h2-6,10H,1H3,(H,13,16)(H,14,15). The van der Waals surface area contributed by atoms with Crippen LogP contribution in [0, 0.1) is 6.92 Å². The lowest BCUT2D eigenvalue weighted by molar-refractivity contribution is 0.0955. The fourth-order valence-electron chi connectivity index (χ4n) is 2.13. The Kier molecular flexibility index (Phi) is 1.83. The van der Waals surface area contributed by atoms with E-state index in [0.29, 0.717) is 5.69 Å². The maximum absolute atomic E-state index is 11.7. The molecular formula is C12H11N3O. The number of benzene rings is 1. The first-order valence-corrected chi connectivity index (χ1v) is 5.18. The van der Waals surface area contributed by atoms with E-state index in [-0.39, 0.29) is 11.9 Å². The molecule has 2 aromatic rings. The molecule has 1 aromatic heterocycles. The zero-order valence-corrected chi connectivity index (χ0v) is 8.82. The summed E-state index contributed by atoms with van der Waals surface area (Å²) >= 11 is 0. The van der Waals surface area contributed by atoms with E-state index in [1.54, 1.807) is 0 Å². The molecule has 16 heavy (non-hydrogen) atoms. The maximum atomic E-state index is 11.7. The predicted molar refractivity (Wildman–Crippen MR) is 59.1 cm³/mol. The van der Waals surface area contributed by atoms with Crippen molar-refractivity contribution in [3.05, 3.63) is 52.8 Å². The van der Waals surface area contributed by atoms with Crippen molar-refractivity contribution < 1.29 is 4.79 Å². The number of amides is 1. The molecule has 1 amide bonds. The summed E-state index contributed by atoms with van der Waals surface area (Å²) in [5.74, 6) is -0.104. The quantitative estimate of drug-likeness (QED) is 0.755. The zero-order valence-electron chi connectivity index (χ0n) is 8.82. The second kappa shape index (κ2) is 3.20. The van der Waals surface area contributed by atoms with Gasteiger partial charge in [-0.05, 0) is 12.5 Å². The summed E-state index contributed by atoms with van der Waals surface area (Å²) in [7, 11) is 0. The topological polar surface area (TPSA) is 57.8 Å². The van der Waals surface area contributed by atoms with Crippen LogP contribution in [0.25, 0.3) is 0 Å². The van der Waals surface area contributed by atoms with Gasteiger partial charge in [0, 0.05) is 11.3 Å². The van der Waals surface area contributed by atoms with Crippen molar-refractivity contribution in [3.63, 3.8) is 0 Å². The molecule has 1 aliphatic heterocycles. The van der Waals surface area contributed by atoms with Crippen LogP contribution in [0.4, 0.5) is 0 Å². The van der Waals surface area contributed by atoms with Crippen LogP contribution < -0.4 is 5.32 Å². The maximum Gasteiger partial charge on any atom is 0.272 e. The summed E-state index contributed by atoms with van der Waals surface area (Å²) < 4.78 is 0. The average molecular weight is 213 g/mol. The van der Waals surface area contributed by atoms with E-state index < -0.39 is 0 Å². The van der Waals surface area contributed by atoms with Gasteiger partial charge in [-0.1, -0.05) is 30.3 Å². The Morgan fingerprint density at radius 3 is 2.75 bits per heavy atom. The molecule has 1 unspecified atom stereocenters. The van der Waals surface area contributed by atoms with Crippen LogP contribution in [0.15, 0.2) is 30.3 Å². The lowest BCUT2D eigenvalue weighted by Crippen LogP contribution is -2.21. The largest absolute Gasteiger partial charge is 0.340 e. The fraction of sp³-hybridized carbons (Fsp3) is 0.167. The molecule has 1 atom stereocenters. The van der Waals surface area contributed by atoms with Gasteiger partial charge in [0.05, 0.1) is 6.04 Å². The van der Waals surface area contributed by atoms with Gasteiger partial charge in [-0.15, -0.1) is 0 Å². The first-order chi connectivity index (χ1) is 7.77. The number of nitrogens with one attached hydrogen (secondary N) is 2. The molecule has 0 saturated carbocycles. The third-order valence-corrected chi connectivity index (χ3v) is 2.91. The molecular weight excluding hydrogens is 202 g/mol. The normalized spacial score (nSPS) is 18.3. The number of carbonyl (C=O) groups excluding carboxylic acids is 1. The Balaban J connectivity index is 2.13. The average Bonchev–Trinajstić information content (AvgIpc) is 2.83. The van der Waals surface area contributed by atoms with Gasteiger partial charge in [0.25, 0.3) is 5.91 Å². The third-order valence-electron chi connectivity index (χ3n) is 2.91. The van der Waals surface area contributed by atoms with Crippen molar-refractivity contribution in [2.75, 3.05) is 0 Å². The smallest absolute Gasteiger partial charge is 0.272 e. The van der Waals surface area contributed by atoms with Crippen molar-refractivity contribution >= 4 is 5.91 Å². The number of fused-ring (bicyclic) bond motifs is 1. The molecule has 4 heteroatoms. The highest BCUT2D eigenvalue weighted by Gasteiger charge is 2.33. The summed E-state index contributed by atoms with van der Waals surface area (Å²) in [4.78, 5) is 11.7. The Morgan fingerprint density at radius 2 is 2.00 bits per heavy atom. The van der Waals surface area contributed by atoms with E-state index in [2.05, 4.69) is 15.5 Å². The van der Waals surface area contributed by atoms with Crippen LogP contribution in [0.3, 0.4) is 0 Å². The summed E-state index contributed by atoms with van der Waals surface area (Å²) in [6.07, 6.45) is 0. The molecule has 2 N–H and O–H groups in total. The molecule has 3 rings (SSSR count). The Hall–Kier alpha value is -2.10. The number of nitrogens with zero attached hydrogens (tertiary/aromatic N) is 1. The summed E-state index contributed by atoms with van der Waals surface area (Å²) in [5, 5.41) is 9.81. The van der Waals surface area contributed by atoms with E-state index in [9.17, 15) is 4.79 Å². The number of aromatic amines is 1. The molecule has 0 bridgehead atoms. The minimum Gasteiger partial charge on any atom is -0.340 e. The minimum atomic E-state index is -0.104. The molecule has 0 spiro atoms. The Morgan fingerprint density at radius 1 is 1.25 bits per heavy atom. The van der Waals surface area contributed by atoms with Crippen molar-refractivity contribution in [1.29, 1.82) is 0 Å². The van der Waals surface area contributed by atoms with Gasteiger partial charge in [0.15, 0.2) is 5.69 Å². The monoisotopic (exact) mass is 213 g/mol. The van der Waals surface area contributed by atoms with Gasteiger partial charge in [-0.3, -0.25) is 9.89 Å². The SMILES string of the molecule is Cc1[nH]nc2c1C(c1ccccc1)NC2=O. The molecule has 2 heterocycles. The van der Waals surface area contributed by atoms with Gasteiger partial charge < -0.3 is 5.32 Å². The van der Waals surface area contributed by atoms with E-state index in [4.69, 9.17) is 0 Å². The van der Waals surface area contributed by atoms with E-state index in [0.717, 1.165) is 16.8 Å². The third kappa shape index (κ3) is 1.16. The molecule has 1 aromatic carbocycles. The summed E-state index contributed by atoms with van der Waals surface area (Å²) in [5.41, 5.74) is 3.52. The minimum absolute atomic E-state index is 0.0672. The second-order valence-electron chi connectivity index (χ2n) is 3.93. The molecule has 0 radical (unpaired) electrons. The molecule has 1 aliphatic rings. The number of aryl methyl sites for hydroxylation is 1. The second-order valence-corrected chi connectivity index (χ2v) is 3.93. The predicted octanol–water partition coefficient (Wildman–Crippen LogP) is 1.55. The van der Waals surface area contributed by atoms with E-state index in [1.807, 2.05) is 37.3 Å². The number of carbonyl (C=O) groups is 1. The van der Waals surface area contributed by atoms with Crippen molar-refractivity contribution in [2.24, 2.45) is 0 Å². The molecule has 0 fully saturated rings. The number of hydrogen-bond acceptors (Lipinski definition) is 2. The number of H-pyrrole nitrogens is 1. The van der Waals surface area contributed by atoms with Crippen molar-refractivity contribution in [2.45, 2.75) is 13.0 Å². The highest BCUT2D eigenvalue weighted by molar-refractivity contribution is 5.98. The highest BCUT2D eigenvalue weighted by atomic mass is 16.2.